The Morgan fingerprint density at radius 3 is 2.42 bits per heavy atom. The Hall–Kier alpha value is -3.65. The standard InChI is InChI=1S/C23H19FN4O2S/c24-18-7-11-20(12-8-18)30-19-9-5-16(6-10-19)13-25-22(29)21-4-2-1-3-17(21)14-31-23-26-15-27-28-23/h1-12,15H,13-14H2,(H,25,29)(H,26,27,28). The van der Waals surface area contributed by atoms with Gasteiger partial charge in [0.1, 0.15) is 23.6 Å². The molecule has 0 spiro atoms. The number of nitrogens with one attached hydrogen (secondary N) is 2. The van der Waals surface area contributed by atoms with Gasteiger partial charge in [0.05, 0.1) is 0 Å². The first-order chi connectivity index (χ1) is 15.2. The fourth-order valence-electron chi connectivity index (χ4n) is 2.87. The zero-order valence-corrected chi connectivity index (χ0v) is 17.2. The number of thioether (sulfide) groups is 1. The van der Waals surface area contributed by atoms with E-state index in [2.05, 4.69) is 20.5 Å². The fourth-order valence-corrected chi connectivity index (χ4v) is 3.65. The van der Waals surface area contributed by atoms with E-state index in [0.717, 1.165) is 11.1 Å². The molecule has 8 heteroatoms. The Labute approximate surface area is 182 Å². The first kappa shape index (κ1) is 20.6. The predicted octanol–water partition coefficient (Wildman–Crippen LogP) is 4.96. The molecule has 0 aliphatic carbocycles. The van der Waals surface area contributed by atoms with Crippen LogP contribution < -0.4 is 10.1 Å². The monoisotopic (exact) mass is 434 g/mol. The Morgan fingerprint density at radius 2 is 1.71 bits per heavy atom. The van der Waals surface area contributed by atoms with Crippen molar-refractivity contribution in [2.45, 2.75) is 17.5 Å². The number of aromatic nitrogens is 3. The molecule has 6 nitrogen and oxygen atoms in total. The molecule has 4 rings (SSSR count). The molecule has 0 atom stereocenters. The molecule has 0 aliphatic heterocycles. The lowest BCUT2D eigenvalue weighted by atomic mass is 10.1. The Morgan fingerprint density at radius 1 is 1.00 bits per heavy atom. The molecule has 0 saturated carbocycles. The zero-order chi connectivity index (χ0) is 21.5. The molecule has 1 amide bonds. The SMILES string of the molecule is O=C(NCc1ccc(Oc2ccc(F)cc2)cc1)c1ccccc1CSc1ncn[nH]1. The molecule has 4 aromatic rings. The van der Waals surface area contributed by atoms with Gasteiger partial charge in [0.15, 0.2) is 5.16 Å². The van der Waals surface area contributed by atoms with Gasteiger partial charge >= 0.3 is 0 Å². The smallest absolute Gasteiger partial charge is 0.251 e. The van der Waals surface area contributed by atoms with Gasteiger partial charge in [-0.3, -0.25) is 9.89 Å². The summed E-state index contributed by atoms with van der Waals surface area (Å²) in [7, 11) is 0. The average Bonchev–Trinajstić information content (AvgIpc) is 3.32. The van der Waals surface area contributed by atoms with Gasteiger partial charge in [-0.05, 0) is 53.6 Å². The lowest BCUT2D eigenvalue weighted by Gasteiger charge is -2.10. The normalized spacial score (nSPS) is 10.6. The Kier molecular flexibility index (Phi) is 6.59. The first-order valence-corrected chi connectivity index (χ1v) is 10.5. The van der Waals surface area contributed by atoms with Crippen LogP contribution in [0.5, 0.6) is 11.5 Å². The van der Waals surface area contributed by atoms with Gasteiger partial charge in [0.25, 0.3) is 5.91 Å². The molecule has 0 saturated heterocycles. The maximum Gasteiger partial charge on any atom is 0.251 e. The van der Waals surface area contributed by atoms with Crippen LogP contribution in [0.15, 0.2) is 84.3 Å². The number of ether oxygens (including phenoxy) is 1. The van der Waals surface area contributed by atoms with Gasteiger partial charge < -0.3 is 10.1 Å². The fraction of sp³-hybridized carbons (Fsp3) is 0.0870. The van der Waals surface area contributed by atoms with Crippen LogP contribution in [0.25, 0.3) is 0 Å². The van der Waals surface area contributed by atoms with Gasteiger partial charge in [-0.25, -0.2) is 9.37 Å². The summed E-state index contributed by atoms with van der Waals surface area (Å²) >= 11 is 1.49. The third kappa shape index (κ3) is 5.70. The van der Waals surface area contributed by atoms with Crippen molar-refractivity contribution in [1.29, 1.82) is 0 Å². The molecule has 156 valence electrons. The largest absolute Gasteiger partial charge is 0.457 e. The van der Waals surface area contributed by atoms with Crippen molar-refractivity contribution in [1.82, 2.24) is 20.5 Å². The zero-order valence-electron chi connectivity index (χ0n) is 16.4. The summed E-state index contributed by atoms with van der Waals surface area (Å²) in [6, 6.07) is 20.7. The molecule has 0 fully saturated rings. The minimum atomic E-state index is -0.309. The van der Waals surface area contributed by atoms with E-state index >= 15 is 0 Å². The number of halogens is 1. The van der Waals surface area contributed by atoms with E-state index in [1.165, 1.54) is 30.2 Å². The van der Waals surface area contributed by atoms with Crippen molar-refractivity contribution in [3.8, 4) is 11.5 Å². The number of amides is 1. The van der Waals surface area contributed by atoms with Crippen LogP contribution in [0, 0.1) is 5.82 Å². The van der Waals surface area contributed by atoms with E-state index in [1.807, 2.05) is 48.5 Å². The highest BCUT2D eigenvalue weighted by molar-refractivity contribution is 7.98. The van der Waals surface area contributed by atoms with Crippen LogP contribution in [-0.4, -0.2) is 21.1 Å². The highest BCUT2D eigenvalue weighted by Gasteiger charge is 2.11. The second-order valence-electron chi connectivity index (χ2n) is 6.62. The van der Waals surface area contributed by atoms with Crippen molar-refractivity contribution in [2.24, 2.45) is 0 Å². The quantitative estimate of drug-likeness (QED) is 0.383. The van der Waals surface area contributed by atoms with E-state index in [1.54, 1.807) is 12.1 Å². The van der Waals surface area contributed by atoms with Gasteiger partial charge in [-0.1, -0.05) is 42.1 Å². The van der Waals surface area contributed by atoms with Gasteiger partial charge in [-0.2, -0.15) is 5.10 Å². The molecule has 3 aromatic carbocycles. The molecule has 2 N–H and O–H groups in total. The van der Waals surface area contributed by atoms with E-state index in [0.29, 0.717) is 34.5 Å². The van der Waals surface area contributed by atoms with E-state index < -0.39 is 0 Å². The summed E-state index contributed by atoms with van der Waals surface area (Å²) in [5.41, 5.74) is 2.49. The highest BCUT2D eigenvalue weighted by atomic mass is 32.2. The van der Waals surface area contributed by atoms with Crippen LogP contribution >= 0.6 is 11.8 Å². The van der Waals surface area contributed by atoms with Gasteiger partial charge in [0, 0.05) is 17.9 Å². The number of carbonyl (C=O) groups excluding carboxylic acids is 1. The van der Waals surface area contributed by atoms with Crippen molar-refractivity contribution in [3.63, 3.8) is 0 Å². The number of hydrogen-bond donors (Lipinski definition) is 2. The second kappa shape index (κ2) is 9.90. The maximum atomic E-state index is 13.0. The van der Waals surface area contributed by atoms with Crippen LogP contribution in [0.2, 0.25) is 0 Å². The molecule has 1 aromatic heterocycles. The van der Waals surface area contributed by atoms with E-state index in [9.17, 15) is 9.18 Å². The minimum Gasteiger partial charge on any atom is -0.457 e. The molecule has 0 bridgehead atoms. The summed E-state index contributed by atoms with van der Waals surface area (Å²) in [6.07, 6.45) is 1.46. The Balaban J connectivity index is 1.34. The third-order valence-corrected chi connectivity index (χ3v) is 5.37. The maximum absolute atomic E-state index is 13.0. The van der Waals surface area contributed by atoms with Crippen molar-refractivity contribution < 1.29 is 13.9 Å². The number of benzene rings is 3. The molecular weight excluding hydrogens is 415 g/mol. The van der Waals surface area contributed by atoms with Crippen LogP contribution in [0.1, 0.15) is 21.5 Å². The van der Waals surface area contributed by atoms with Gasteiger partial charge in [-0.15, -0.1) is 0 Å². The second-order valence-corrected chi connectivity index (χ2v) is 7.58. The molecule has 0 aliphatic rings. The van der Waals surface area contributed by atoms with E-state index in [4.69, 9.17) is 4.74 Å². The first-order valence-electron chi connectivity index (χ1n) is 9.54. The van der Waals surface area contributed by atoms with Crippen molar-refractivity contribution >= 4 is 17.7 Å². The Bertz CT molecular complexity index is 1130. The number of rotatable bonds is 8. The summed E-state index contributed by atoms with van der Waals surface area (Å²) in [4.78, 5) is 16.8. The molecule has 0 radical (unpaired) electrons. The number of H-pyrrole nitrogens is 1. The lowest BCUT2D eigenvalue weighted by molar-refractivity contribution is 0.0950. The minimum absolute atomic E-state index is 0.139. The number of nitrogens with zero attached hydrogens (tertiary/aromatic N) is 2. The summed E-state index contributed by atoms with van der Waals surface area (Å²) in [5, 5.41) is 10.3. The topological polar surface area (TPSA) is 79.9 Å². The van der Waals surface area contributed by atoms with E-state index in [-0.39, 0.29) is 11.7 Å². The molecule has 31 heavy (non-hydrogen) atoms. The summed E-state index contributed by atoms with van der Waals surface area (Å²) in [6.45, 7) is 0.388. The van der Waals surface area contributed by atoms with Crippen molar-refractivity contribution in [2.75, 3.05) is 0 Å². The number of hydrogen-bond acceptors (Lipinski definition) is 5. The molecule has 0 unspecified atom stereocenters. The van der Waals surface area contributed by atoms with Crippen LogP contribution in [0.3, 0.4) is 0 Å². The summed E-state index contributed by atoms with van der Waals surface area (Å²) in [5.74, 6) is 1.35. The van der Waals surface area contributed by atoms with Crippen LogP contribution in [-0.2, 0) is 12.3 Å². The predicted molar refractivity (Wildman–Crippen MR) is 116 cm³/mol. The van der Waals surface area contributed by atoms with Crippen molar-refractivity contribution in [3.05, 3.63) is 102 Å². The average molecular weight is 434 g/mol. The number of aromatic amines is 1. The van der Waals surface area contributed by atoms with Gasteiger partial charge in [0.2, 0.25) is 0 Å². The third-order valence-electron chi connectivity index (χ3n) is 4.45. The summed E-state index contributed by atoms with van der Waals surface area (Å²) < 4.78 is 18.7. The van der Waals surface area contributed by atoms with Crippen LogP contribution in [0.4, 0.5) is 4.39 Å². The highest BCUT2D eigenvalue weighted by Crippen LogP contribution is 2.23. The molecule has 1 heterocycles. The lowest BCUT2D eigenvalue weighted by Crippen LogP contribution is -2.23. The number of carbonyl (C=O) groups is 1. The molecular formula is C23H19FN4O2S.